The molecule has 1 aromatic rings. The van der Waals surface area contributed by atoms with E-state index in [9.17, 15) is 4.79 Å². The molecule has 1 aliphatic carbocycles. The van der Waals surface area contributed by atoms with E-state index in [0.717, 1.165) is 12.8 Å². The van der Waals surface area contributed by atoms with Crippen molar-refractivity contribution in [2.24, 2.45) is 5.41 Å². The van der Waals surface area contributed by atoms with Crippen LogP contribution in [0.5, 0.6) is 5.75 Å². The molecule has 0 aromatic heterocycles. The molecule has 3 heteroatoms. The van der Waals surface area contributed by atoms with Crippen LogP contribution in [0.3, 0.4) is 0 Å². The van der Waals surface area contributed by atoms with Crippen LogP contribution in [-0.2, 0) is 0 Å². The van der Waals surface area contributed by atoms with E-state index in [2.05, 4.69) is 0 Å². The molecule has 0 saturated heterocycles. The van der Waals surface area contributed by atoms with Gasteiger partial charge in [0.1, 0.15) is 5.75 Å². The molecule has 0 bridgehead atoms. The van der Waals surface area contributed by atoms with Gasteiger partial charge in [0.25, 0.3) is 0 Å². The Kier molecular flexibility index (Phi) is 2.94. The van der Waals surface area contributed by atoms with Crippen molar-refractivity contribution in [3.63, 3.8) is 0 Å². The van der Waals surface area contributed by atoms with E-state index in [0.29, 0.717) is 22.9 Å². The Bertz CT molecular complexity index is 422. The number of carbonyl (C=O) groups is 1. The summed E-state index contributed by atoms with van der Waals surface area (Å²) in [6, 6.07) is 5.27. The van der Waals surface area contributed by atoms with E-state index in [4.69, 9.17) is 16.3 Å². The fourth-order valence-corrected chi connectivity index (χ4v) is 1.91. The lowest BCUT2D eigenvalue weighted by molar-refractivity contribution is 0.0912. The van der Waals surface area contributed by atoms with Crippen LogP contribution < -0.4 is 4.74 Å². The van der Waals surface area contributed by atoms with E-state index in [1.807, 2.05) is 13.8 Å². The van der Waals surface area contributed by atoms with Crippen molar-refractivity contribution in [3.8, 4) is 5.75 Å². The second-order valence-electron chi connectivity index (χ2n) is 4.47. The van der Waals surface area contributed by atoms with Crippen molar-refractivity contribution >= 4 is 17.4 Å². The van der Waals surface area contributed by atoms with E-state index >= 15 is 0 Å². The smallest absolute Gasteiger partial charge is 0.168 e. The standard InChI is InChI=1S/C13H15ClO2/c1-3-16-11-5-4-9(8-10(11)14)12(15)13(2)6-7-13/h4-5,8H,3,6-7H2,1-2H3. The summed E-state index contributed by atoms with van der Waals surface area (Å²) in [4.78, 5) is 12.1. The first-order chi connectivity index (χ1) is 7.57. The Morgan fingerprint density at radius 2 is 2.19 bits per heavy atom. The number of ether oxygens (including phenoxy) is 1. The van der Waals surface area contributed by atoms with Gasteiger partial charge < -0.3 is 4.74 Å². The molecule has 1 saturated carbocycles. The third kappa shape index (κ3) is 2.07. The molecular formula is C13H15ClO2. The molecule has 0 N–H and O–H groups in total. The average Bonchev–Trinajstić information content (AvgIpc) is 3.00. The van der Waals surface area contributed by atoms with Crippen molar-refractivity contribution < 1.29 is 9.53 Å². The molecule has 0 amide bonds. The van der Waals surface area contributed by atoms with Gasteiger partial charge in [0, 0.05) is 11.0 Å². The lowest BCUT2D eigenvalue weighted by atomic mass is 9.97. The molecule has 0 atom stereocenters. The Morgan fingerprint density at radius 3 is 2.69 bits per heavy atom. The first-order valence-electron chi connectivity index (χ1n) is 5.54. The highest BCUT2D eigenvalue weighted by atomic mass is 35.5. The van der Waals surface area contributed by atoms with Gasteiger partial charge in [-0.25, -0.2) is 0 Å². The van der Waals surface area contributed by atoms with E-state index in [-0.39, 0.29) is 11.2 Å². The molecule has 1 fully saturated rings. The zero-order chi connectivity index (χ0) is 11.8. The van der Waals surface area contributed by atoms with Crippen LogP contribution >= 0.6 is 11.6 Å². The van der Waals surface area contributed by atoms with Gasteiger partial charge in [-0.15, -0.1) is 0 Å². The second kappa shape index (κ2) is 4.10. The van der Waals surface area contributed by atoms with Gasteiger partial charge >= 0.3 is 0 Å². The van der Waals surface area contributed by atoms with Crippen LogP contribution in [0.2, 0.25) is 5.02 Å². The van der Waals surface area contributed by atoms with Crippen LogP contribution in [0, 0.1) is 5.41 Å². The van der Waals surface area contributed by atoms with Crippen LogP contribution in [0.4, 0.5) is 0 Å². The molecule has 16 heavy (non-hydrogen) atoms. The highest BCUT2D eigenvalue weighted by Crippen LogP contribution is 2.47. The quantitative estimate of drug-likeness (QED) is 0.748. The molecule has 1 aromatic carbocycles. The van der Waals surface area contributed by atoms with Gasteiger partial charge in [0.2, 0.25) is 0 Å². The molecule has 2 nitrogen and oxygen atoms in total. The van der Waals surface area contributed by atoms with Crippen LogP contribution in [0.25, 0.3) is 0 Å². The maximum absolute atomic E-state index is 12.1. The monoisotopic (exact) mass is 238 g/mol. The molecule has 86 valence electrons. The van der Waals surface area contributed by atoms with Crippen LogP contribution in [0.15, 0.2) is 18.2 Å². The van der Waals surface area contributed by atoms with Gasteiger partial charge in [0.15, 0.2) is 5.78 Å². The summed E-state index contributed by atoms with van der Waals surface area (Å²) in [5, 5.41) is 0.511. The zero-order valence-electron chi connectivity index (χ0n) is 9.55. The SMILES string of the molecule is CCOc1ccc(C(=O)C2(C)CC2)cc1Cl. The minimum Gasteiger partial charge on any atom is -0.492 e. The van der Waals surface area contributed by atoms with E-state index in [1.54, 1.807) is 18.2 Å². The lowest BCUT2D eigenvalue weighted by Gasteiger charge is -2.10. The predicted octanol–water partition coefficient (Wildman–Crippen LogP) is 3.72. The summed E-state index contributed by atoms with van der Waals surface area (Å²) in [6.45, 7) is 4.48. The molecule has 0 spiro atoms. The summed E-state index contributed by atoms with van der Waals surface area (Å²) >= 11 is 6.05. The fourth-order valence-electron chi connectivity index (χ4n) is 1.68. The molecule has 0 aliphatic heterocycles. The number of hydrogen-bond acceptors (Lipinski definition) is 2. The van der Waals surface area contributed by atoms with Gasteiger partial charge in [-0.3, -0.25) is 4.79 Å². The Hall–Kier alpha value is -1.02. The third-order valence-corrected chi connectivity index (χ3v) is 3.34. The second-order valence-corrected chi connectivity index (χ2v) is 4.88. The molecular weight excluding hydrogens is 224 g/mol. The summed E-state index contributed by atoms with van der Waals surface area (Å²) < 4.78 is 5.33. The summed E-state index contributed by atoms with van der Waals surface area (Å²) in [7, 11) is 0. The normalized spacial score (nSPS) is 16.9. The number of ketones is 1. The predicted molar refractivity (Wildman–Crippen MR) is 64.3 cm³/mol. The lowest BCUT2D eigenvalue weighted by Crippen LogP contribution is -2.11. The summed E-state index contributed by atoms with van der Waals surface area (Å²) in [5.74, 6) is 0.833. The molecule has 0 heterocycles. The molecule has 0 unspecified atom stereocenters. The van der Waals surface area contributed by atoms with Crippen LogP contribution in [-0.4, -0.2) is 12.4 Å². The maximum Gasteiger partial charge on any atom is 0.168 e. The Balaban J connectivity index is 2.24. The van der Waals surface area contributed by atoms with Crippen molar-refractivity contribution in [1.29, 1.82) is 0 Å². The largest absolute Gasteiger partial charge is 0.492 e. The van der Waals surface area contributed by atoms with E-state index < -0.39 is 0 Å². The Labute approximate surface area is 101 Å². The van der Waals surface area contributed by atoms with Gasteiger partial charge in [0.05, 0.1) is 11.6 Å². The van der Waals surface area contributed by atoms with E-state index in [1.165, 1.54) is 0 Å². The number of hydrogen-bond donors (Lipinski definition) is 0. The van der Waals surface area contributed by atoms with Crippen molar-refractivity contribution in [2.75, 3.05) is 6.61 Å². The molecule has 1 aliphatic rings. The average molecular weight is 239 g/mol. The highest BCUT2D eigenvalue weighted by Gasteiger charge is 2.44. The highest BCUT2D eigenvalue weighted by molar-refractivity contribution is 6.32. The number of benzene rings is 1. The minimum absolute atomic E-state index is 0.142. The molecule has 0 radical (unpaired) electrons. The Morgan fingerprint density at radius 1 is 1.50 bits per heavy atom. The topological polar surface area (TPSA) is 26.3 Å². The number of halogens is 1. The first kappa shape index (κ1) is 11.5. The van der Waals surface area contributed by atoms with Crippen molar-refractivity contribution in [1.82, 2.24) is 0 Å². The summed E-state index contributed by atoms with van der Waals surface area (Å²) in [6.07, 6.45) is 1.97. The van der Waals surface area contributed by atoms with Gasteiger partial charge in [-0.2, -0.15) is 0 Å². The minimum atomic E-state index is -0.142. The molecule has 2 rings (SSSR count). The number of rotatable bonds is 4. The number of Topliss-reactive ketones (excluding diaryl/α,β-unsaturated/α-hetero) is 1. The zero-order valence-corrected chi connectivity index (χ0v) is 10.3. The van der Waals surface area contributed by atoms with Crippen LogP contribution in [0.1, 0.15) is 37.0 Å². The van der Waals surface area contributed by atoms with Crippen molar-refractivity contribution in [2.45, 2.75) is 26.7 Å². The maximum atomic E-state index is 12.1. The number of carbonyl (C=O) groups excluding carboxylic acids is 1. The third-order valence-electron chi connectivity index (χ3n) is 3.04. The van der Waals surface area contributed by atoms with Gasteiger partial charge in [-0.05, 0) is 38.0 Å². The summed E-state index contributed by atoms with van der Waals surface area (Å²) in [5.41, 5.74) is 0.546. The fraction of sp³-hybridized carbons (Fsp3) is 0.462. The van der Waals surface area contributed by atoms with Crippen molar-refractivity contribution in [3.05, 3.63) is 28.8 Å². The first-order valence-corrected chi connectivity index (χ1v) is 5.92. The van der Waals surface area contributed by atoms with Gasteiger partial charge in [-0.1, -0.05) is 18.5 Å².